The molecule has 25 heavy (non-hydrogen) atoms. The van der Waals surface area contributed by atoms with Gasteiger partial charge in [-0.15, -0.1) is 0 Å². The van der Waals surface area contributed by atoms with Crippen molar-refractivity contribution in [2.45, 2.75) is 17.5 Å². The van der Waals surface area contributed by atoms with Gasteiger partial charge in [0.05, 0.1) is 23.1 Å². The van der Waals surface area contributed by atoms with Crippen molar-refractivity contribution in [3.8, 4) is 0 Å². The SMILES string of the molecule is COC(=O)c1ccc(S(=O)(=O)NCC2=CCNCC2)cc1C(F)(F)F. The molecule has 0 saturated heterocycles. The summed E-state index contributed by atoms with van der Waals surface area (Å²) < 4.78 is 70.6. The van der Waals surface area contributed by atoms with E-state index in [-0.39, 0.29) is 6.54 Å². The molecule has 1 aliphatic rings. The van der Waals surface area contributed by atoms with Crippen LogP contribution in [0.1, 0.15) is 22.3 Å². The number of carbonyl (C=O) groups is 1. The number of hydrogen-bond donors (Lipinski definition) is 2. The van der Waals surface area contributed by atoms with Gasteiger partial charge in [0.15, 0.2) is 0 Å². The number of halogens is 3. The van der Waals surface area contributed by atoms with Crippen molar-refractivity contribution in [3.63, 3.8) is 0 Å². The summed E-state index contributed by atoms with van der Waals surface area (Å²) in [6.45, 7) is 1.34. The summed E-state index contributed by atoms with van der Waals surface area (Å²) in [7, 11) is -3.21. The standard InChI is InChI=1S/C15H17F3N2O4S/c1-24-14(21)12-3-2-11(8-13(12)15(16,17)18)25(22,23)20-9-10-4-6-19-7-5-10/h2-4,8,19-20H,5-7,9H2,1H3. The van der Waals surface area contributed by atoms with Crippen LogP contribution in [0.15, 0.2) is 34.7 Å². The van der Waals surface area contributed by atoms with Crippen LogP contribution in [0.2, 0.25) is 0 Å². The molecule has 0 aliphatic carbocycles. The van der Waals surface area contributed by atoms with Crippen LogP contribution < -0.4 is 10.0 Å². The molecule has 0 unspecified atom stereocenters. The van der Waals surface area contributed by atoms with Gasteiger partial charge in [0.25, 0.3) is 0 Å². The van der Waals surface area contributed by atoms with Crippen molar-refractivity contribution in [1.82, 2.24) is 10.0 Å². The number of esters is 1. The lowest BCUT2D eigenvalue weighted by Crippen LogP contribution is -2.30. The maximum Gasteiger partial charge on any atom is 0.417 e. The Kier molecular flexibility index (Phi) is 5.86. The molecule has 0 aromatic heterocycles. The third kappa shape index (κ3) is 4.80. The first-order valence-corrected chi connectivity index (χ1v) is 8.81. The van der Waals surface area contributed by atoms with E-state index in [2.05, 4.69) is 14.8 Å². The van der Waals surface area contributed by atoms with Gasteiger partial charge in [0.1, 0.15) is 0 Å². The maximum absolute atomic E-state index is 13.2. The molecule has 6 nitrogen and oxygen atoms in total. The van der Waals surface area contributed by atoms with Crippen LogP contribution >= 0.6 is 0 Å². The van der Waals surface area contributed by atoms with Gasteiger partial charge in [-0.25, -0.2) is 17.9 Å². The van der Waals surface area contributed by atoms with Crippen molar-refractivity contribution in [2.75, 3.05) is 26.7 Å². The van der Waals surface area contributed by atoms with Crippen molar-refractivity contribution in [1.29, 1.82) is 0 Å². The summed E-state index contributed by atoms with van der Waals surface area (Å²) in [5.74, 6) is -1.19. The Labute approximate surface area is 143 Å². The van der Waals surface area contributed by atoms with E-state index in [1.54, 1.807) is 0 Å². The summed E-state index contributed by atoms with van der Waals surface area (Å²) >= 11 is 0. The van der Waals surface area contributed by atoms with E-state index < -0.39 is 38.2 Å². The van der Waals surface area contributed by atoms with Gasteiger partial charge in [0, 0.05) is 13.1 Å². The third-order valence-corrected chi connectivity index (χ3v) is 5.06. The summed E-state index contributed by atoms with van der Waals surface area (Å²) in [5.41, 5.74) is -1.25. The van der Waals surface area contributed by atoms with E-state index in [4.69, 9.17) is 0 Å². The fourth-order valence-corrected chi connectivity index (χ4v) is 3.38. The van der Waals surface area contributed by atoms with Gasteiger partial charge < -0.3 is 10.1 Å². The van der Waals surface area contributed by atoms with Crippen LogP contribution in [0.3, 0.4) is 0 Å². The molecule has 10 heteroatoms. The molecular formula is C15H17F3N2O4S. The van der Waals surface area contributed by atoms with Gasteiger partial charge in [-0.3, -0.25) is 0 Å². The third-order valence-electron chi connectivity index (χ3n) is 3.66. The predicted octanol–water partition coefficient (Wildman–Crippen LogP) is 1.69. The van der Waals surface area contributed by atoms with Crippen molar-refractivity contribution in [2.24, 2.45) is 0 Å². The zero-order valence-electron chi connectivity index (χ0n) is 13.3. The van der Waals surface area contributed by atoms with Gasteiger partial charge in [-0.05, 0) is 31.2 Å². The Morgan fingerprint density at radius 2 is 2.08 bits per heavy atom. The normalized spacial score (nSPS) is 15.6. The lowest BCUT2D eigenvalue weighted by atomic mass is 10.1. The zero-order valence-corrected chi connectivity index (χ0v) is 14.1. The van der Waals surface area contributed by atoms with E-state index in [1.165, 1.54) is 0 Å². The van der Waals surface area contributed by atoms with Gasteiger partial charge in [-0.2, -0.15) is 13.2 Å². The molecule has 0 radical (unpaired) electrons. The second-order valence-electron chi connectivity index (χ2n) is 5.34. The Morgan fingerprint density at radius 3 is 2.64 bits per heavy atom. The minimum Gasteiger partial charge on any atom is -0.465 e. The quantitative estimate of drug-likeness (QED) is 0.602. The Bertz CT molecular complexity index is 788. The highest BCUT2D eigenvalue weighted by Gasteiger charge is 2.37. The Morgan fingerprint density at radius 1 is 1.36 bits per heavy atom. The highest BCUT2D eigenvalue weighted by Crippen LogP contribution is 2.34. The number of sulfonamides is 1. The molecule has 2 rings (SSSR count). The number of methoxy groups -OCH3 is 1. The summed E-state index contributed by atoms with van der Waals surface area (Å²) in [5, 5.41) is 3.07. The first kappa shape index (κ1) is 19.4. The van der Waals surface area contributed by atoms with Crippen LogP contribution in [-0.4, -0.2) is 41.1 Å². The number of nitrogens with one attached hydrogen (secondary N) is 2. The van der Waals surface area contributed by atoms with Crippen LogP contribution in [0, 0.1) is 0 Å². The topological polar surface area (TPSA) is 84.5 Å². The molecule has 2 N–H and O–H groups in total. The fourth-order valence-electron chi connectivity index (χ4n) is 2.31. The number of benzene rings is 1. The monoisotopic (exact) mass is 378 g/mol. The molecule has 1 heterocycles. The van der Waals surface area contributed by atoms with E-state index >= 15 is 0 Å². The minimum absolute atomic E-state index is 0.0180. The highest BCUT2D eigenvalue weighted by molar-refractivity contribution is 7.89. The molecule has 1 aromatic carbocycles. The molecule has 0 spiro atoms. The lowest BCUT2D eigenvalue weighted by Gasteiger charge is -2.16. The van der Waals surface area contributed by atoms with E-state index in [0.29, 0.717) is 25.6 Å². The Hall–Kier alpha value is -1.91. The molecule has 1 aromatic rings. The predicted molar refractivity (Wildman–Crippen MR) is 83.5 cm³/mol. The molecule has 0 amide bonds. The largest absolute Gasteiger partial charge is 0.465 e. The first-order chi connectivity index (χ1) is 11.6. The van der Waals surface area contributed by atoms with Crippen molar-refractivity contribution in [3.05, 3.63) is 41.0 Å². The molecule has 138 valence electrons. The second kappa shape index (κ2) is 7.54. The van der Waals surface area contributed by atoms with Crippen LogP contribution in [0.4, 0.5) is 13.2 Å². The van der Waals surface area contributed by atoms with Crippen LogP contribution in [-0.2, 0) is 20.9 Å². The van der Waals surface area contributed by atoms with Crippen molar-refractivity contribution < 1.29 is 31.1 Å². The smallest absolute Gasteiger partial charge is 0.417 e. The summed E-state index contributed by atoms with van der Waals surface area (Å²) in [6, 6.07) is 2.18. The molecule has 0 saturated carbocycles. The zero-order chi connectivity index (χ0) is 18.7. The Balaban J connectivity index is 2.31. The number of carbonyl (C=O) groups excluding carboxylic acids is 1. The van der Waals surface area contributed by atoms with E-state index in [0.717, 1.165) is 24.8 Å². The number of ether oxygens (including phenoxy) is 1. The lowest BCUT2D eigenvalue weighted by molar-refractivity contribution is -0.138. The fraction of sp³-hybridized carbons (Fsp3) is 0.400. The van der Waals surface area contributed by atoms with E-state index in [1.807, 2.05) is 6.08 Å². The molecule has 0 bridgehead atoms. The first-order valence-electron chi connectivity index (χ1n) is 7.33. The van der Waals surface area contributed by atoms with E-state index in [9.17, 15) is 26.4 Å². The average Bonchev–Trinajstić information content (AvgIpc) is 2.59. The summed E-state index contributed by atoms with van der Waals surface area (Å²) in [4.78, 5) is 10.9. The molecular weight excluding hydrogens is 361 g/mol. The maximum atomic E-state index is 13.2. The van der Waals surface area contributed by atoms with Crippen LogP contribution in [0.5, 0.6) is 0 Å². The second-order valence-corrected chi connectivity index (χ2v) is 7.10. The van der Waals surface area contributed by atoms with Gasteiger partial charge in [0.2, 0.25) is 10.0 Å². The number of rotatable bonds is 5. The van der Waals surface area contributed by atoms with Crippen molar-refractivity contribution >= 4 is 16.0 Å². The minimum atomic E-state index is -4.90. The molecule has 0 fully saturated rings. The van der Waals surface area contributed by atoms with Gasteiger partial charge >= 0.3 is 12.1 Å². The highest BCUT2D eigenvalue weighted by atomic mass is 32.2. The number of hydrogen-bond acceptors (Lipinski definition) is 5. The van der Waals surface area contributed by atoms with Gasteiger partial charge in [-0.1, -0.05) is 11.6 Å². The molecule has 1 aliphatic heterocycles. The van der Waals surface area contributed by atoms with Crippen LogP contribution in [0.25, 0.3) is 0 Å². The number of alkyl halides is 3. The average molecular weight is 378 g/mol. The summed E-state index contributed by atoms with van der Waals surface area (Å²) in [6.07, 6.45) is -2.42. The molecule has 0 atom stereocenters.